The van der Waals surface area contributed by atoms with Gasteiger partial charge in [0.05, 0.1) is 7.11 Å². The minimum atomic E-state index is -0.848. The van der Waals surface area contributed by atoms with Gasteiger partial charge >= 0.3 is 5.97 Å². The molecule has 3 aromatic rings. The number of methoxy groups -OCH3 is 1. The molecule has 0 aromatic heterocycles. The molecule has 0 radical (unpaired) electrons. The lowest BCUT2D eigenvalue weighted by Crippen LogP contribution is -2.11. The Morgan fingerprint density at radius 3 is 2.28 bits per heavy atom. The molecule has 29 heavy (non-hydrogen) atoms. The fourth-order valence-electron chi connectivity index (χ4n) is 3.07. The van der Waals surface area contributed by atoms with Gasteiger partial charge in [0.25, 0.3) is 0 Å². The van der Waals surface area contributed by atoms with Gasteiger partial charge in [0.2, 0.25) is 0 Å². The summed E-state index contributed by atoms with van der Waals surface area (Å²) in [5.41, 5.74) is 2.91. The Morgan fingerprint density at radius 2 is 1.52 bits per heavy atom. The van der Waals surface area contributed by atoms with Gasteiger partial charge in [-0.3, -0.25) is 4.79 Å². The highest BCUT2D eigenvalue weighted by atomic mass is 16.5. The minimum absolute atomic E-state index is 0.0322. The lowest BCUT2D eigenvalue weighted by atomic mass is 10.1. The van der Waals surface area contributed by atoms with E-state index in [1.807, 2.05) is 66.7 Å². The fourth-order valence-corrected chi connectivity index (χ4v) is 3.07. The van der Waals surface area contributed by atoms with Crippen LogP contribution in [0.25, 0.3) is 11.1 Å². The highest BCUT2D eigenvalue weighted by molar-refractivity contribution is 5.70. The van der Waals surface area contributed by atoms with Crippen LogP contribution >= 0.6 is 0 Å². The summed E-state index contributed by atoms with van der Waals surface area (Å²) >= 11 is 0. The summed E-state index contributed by atoms with van der Waals surface area (Å²) in [6.07, 6.45) is 0.407. The third-order valence-corrected chi connectivity index (χ3v) is 4.45. The lowest BCUT2D eigenvalue weighted by Gasteiger charge is -2.16. The molecule has 0 unspecified atom stereocenters. The summed E-state index contributed by atoms with van der Waals surface area (Å²) in [6.45, 7) is 0.657. The molecule has 0 fully saturated rings. The average molecular weight is 392 g/mol. The Bertz CT molecular complexity index is 937. The maximum absolute atomic E-state index is 10.9. The molecular weight excluding hydrogens is 368 g/mol. The number of benzene rings is 3. The zero-order chi connectivity index (χ0) is 20.5. The van der Waals surface area contributed by atoms with Gasteiger partial charge in [-0.05, 0) is 29.7 Å². The smallest absolute Gasteiger partial charge is 0.303 e. The molecule has 3 aromatic carbocycles. The quantitative estimate of drug-likeness (QED) is 0.500. The van der Waals surface area contributed by atoms with Crippen molar-refractivity contribution in [2.24, 2.45) is 0 Å². The number of hydrogen-bond donors (Lipinski definition) is 1. The van der Waals surface area contributed by atoms with E-state index >= 15 is 0 Å². The van der Waals surface area contributed by atoms with Crippen LogP contribution in [0.2, 0.25) is 0 Å². The first-order valence-electron chi connectivity index (χ1n) is 9.46. The number of aryl methyl sites for hydroxylation is 1. The molecule has 0 amide bonds. The van der Waals surface area contributed by atoms with Crippen LogP contribution in [-0.2, 0) is 11.2 Å². The molecule has 0 aliphatic carbocycles. The van der Waals surface area contributed by atoms with E-state index in [9.17, 15) is 4.79 Å². The standard InChI is InChI=1S/C24H24O5/c1-27-22-13-7-10-19(14-15-23(25)26)24(22)29-17-16-28-21-12-6-5-11-20(21)18-8-3-2-4-9-18/h2-13H,14-17H2,1H3,(H,25,26). The second-order valence-electron chi connectivity index (χ2n) is 6.40. The predicted molar refractivity (Wildman–Crippen MR) is 112 cm³/mol. The first-order chi connectivity index (χ1) is 14.2. The first-order valence-corrected chi connectivity index (χ1v) is 9.46. The van der Waals surface area contributed by atoms with Crippen LogP contribution in [0.4, 0.5) is 0 Å². The van der Waals surface area contributed by atoms with E-state index in [2.05, 4.69) is 0 Å². The van der Waals surface area contributed by atoms with Gasteiger partial charge in [-0.2, -0.15) is 0 Å². The van der Waals surface area contributed by atoms with Gasteiger partial charge in [0, 0.05) is 12.0 Å². The molecule has 0 saturated heterocycles. The molecule has 0 saturated carbocycles. The molecule has 3 rings (SSSR count). The van der Waals surface area contributed by atoms with E-state index < -0.39 is 5.97 Å². The summed E-state index contributed by atoms with van der Waals surface area (Å²) in [5.74, 6) is 1.09. The topological polar surface area (TPSA) is 65.0 Å². The Balaban J connectivity index is 1.65. The van der Waals surface area contributed by atoms with Gasteiger partial charge in [0.1, 0.15) is 19.0 Å². The average Bonchev–Trinajstić information content (AvgIpc) is 2.76. The summed E-state index contributed by atoms with van der Waals surface area (Å²) in [5, 5.41) is 8.96. The van der Waals surface area contributed by atoms with Crippen LogP contribution in [0.15, 0.2) is 72.8 Å². The molecule has 0 bridgehead atoms. The Labute approximate surface area is 170 Å². The van der Waals surface area contributed by atoms with Gasteiger partial charge < -0.3 is 19.3 Å². The summed E-state index contributed by atoms with van der Waals surface area (Å²) in [7, 11) is 1.57. The zero-order valence-electron chi connectivity index (χ0n) is 16.3. The molecule has 150 valence electrons. The maximum Gasteiger partial charge on any atom is 0.303 e. The van der Waals surface area contributed by atoms with E-state index in [1.165, 1.54) is 0 Å². The molecule has 0 heterocycles. The number of hydrogen-bond acceptors (Lipinski definition) is 4. The molecule has 0 aliphatic heterocycles. The van der Waals surface area contributed by atoms with Crippen molar-refractivity contribution < 1.29 is 24.1 Å². The van der Waals surface area contributed by atoms with Gasteiger partial charge in [-0.1, -0.05) is 60.7 Å². The van der Waals surface area contributed by atoms with Crippen molar-refractivity contribution in [2.75, 3.05) is 20.3 Å². The Morgan fingerprint density at radius 1 is 0.828 bits per heavy atom. The fraction of sp³-hybridized carbons (Fsp3) is 0.208. The van der Waals surface area contributed by atoms with Crippen molar-refractivity contribution in [1.29, 1.82) is 0 Å². The number of rotatable bonds is 10. The largest absolute Gasteiger partial charge is 0.493 e. The summed E-state index contributed by atoms with van der Waals surface area (Å²) in [4.78, 5) is 10.9. The molecule has 1 N–H and O–H groups in total. The van der Waals surface area contributed by atoms with Crippen LogP contribution in [0.3, 0.4) is 0 Å². The second-order valence-corrected chi connectivity index (χ2v) is 6.40. The van der Waals surface area contributed by atoms with Crippen LogP contribution < -0.4 is 14.2 Å². The number of carboxylic acids is 1. The molecule has 0 aliphatic rings. The van der Waals surface area contributed by atoms with Crippen molar-refractivity contribution in [3.8, 4) is 28.4 Å². The SMILES string of the molecule is COc1cccc(CCC(=O)O)c1OCCOc1ccccc1-c1ccccc1. The highest BCUT2D eigenvalue weighted by Crippen LogP contribution is 2.32. The number of ether oxygens (including phenoxy) is 3. The summed E-state index contributed by atoms with van der Waals surface area (Å²) in [6, 6.07) is 23.4. The van der Waals surface area contributed by atoms with E-state index in [0.29, 0.717) is 31.1 Å². The molecule has 5 heteroatoms. The second kappa shape index (κ2) is 10.2. The molecule has 0 spiro atoms. The number of carboxylic acid groups (broad SMARTS) is 1. The highest BCUT2D eigenvalue weighted by Gasteiger charge is 2.12. The van der Waals surface area contributed by atoms with Crippen LogP contribution in [0.5, 0.6) is 17.2 Å². The maximum atomic E-state index is 10.9. The van der Waals surface area contributed by atoms with Crippen molar-refractivity contribution in [3.05, 3.63) is 78.4 Å². The van der Waals surface area contributed by atoms with Crippen molar-refractivity contribution in [3.63, 3.8) is 0 Å². The van der Waals surface area contributed by atoms with Crippen molar-refractivity contribution in [1.82, 2.24) is 0 Å². The van der Waals surface area contributed by atoms with Crippen LogP contribution in [0.1, 0.15) is 12.0 Å². The van der Waals surface area contributed by atoms with Crippen molar-refractivity contribution >= 4 is 5.97 Å². The third kappa shape index (κ3) is 5.51. The lowest BCUT2D eigenvalue weighted by molar-refractivity contribution is -0.136. The number of carbonyl (C=O) groups is 1. The monoisotopic (exact) mass is 392 g/mol. The molecule has 0 atom stereocenters. The van der Waals surface area contributed by atoms with Gasteiger partial charge in [-0.15, -0.1) is 0 Å². The first kappa shape index (κ1) is 20.3. The van der Waals surface area contributed by atoms with Crippen LogP contribution in [-0.4, -0.2) is 31.4 Å². The van der Waals surface area contributed by atoms with Gasteiger partial charge in [-0.25, -0.2) is 0 Å². The Hall–Kier alpha value is -3.47. The van der Waals surface area contributed by atoms with Crippen LogP contribution in [0, 0.1) is 0 Å². The van der Waals surface area contributed by atoms with Crippen molar-refractivity contribution in [2.45, 2.75) is 12.8 Å². The number of para-hydroxylation sites is 2. The van der Waals surface area contributed by atoms with E-state index in [4.69, 9.17) is 19.3 Å². The van der Waals surface area contributed by atoms with E-state index in [0.717, 1.165) is 22.4 Å². The van der Waals surface area contributed by atoms with E-state index in [1.54, 1.807) is 13.2 Å². The third-order valence-electron chi connectivity index (χ3n) is 4.45. The summed E-state index contributed by atoms with van der Waals surface area (Å²) < 4.78 is 17.3. The Kier molecular flexibility index (Phi) is 7.11. The minimum Gasteiger partial charge on any atom is -0.493 e. The zero-order valence-corrected chi connectivity index (χ0v) is 16.3. The van der Waals surface area contributed by atoms with Gasteiger partial charge in [0.15, 0.2) is 11.5 Å². The van der Waals surface area contributed by atoms with E-state index in [-0.39, 0.29) is 6.42 Å². The molecular formula is C24H24O5. The predicted octanol–water partition coefficient (Wildman–Crippen LogP) is 4.84. The number of aliphatic carboxylic acids is 1. The normalized spacial score (nSPS) is 10.4. The molecule has 5 nitrogen and oxygen atoms in total.